The minimum Gasteiger partial charge on any atom is -0.491 e. The van der Waals surface area contributed by atoms with Crippen LogP contribution in [-0.2, 0) is 0 Å². The fourth-order valence-corrected chi connectivity index (χ4v) is 2.06. The lowest BCUT2D eigenvalue weighted by Crippen LogP contribution is -2.26. The first-order valence-electron chi connectivity index (χ1n) is 6.57. The van der Waals surface area contributed by atoms with Crippen LogP contribution in [0.15, 0.2) is 53.7 Å². The summed E-state index contributed by atoms with van der Waals surface area (Å²) in [6.45, 7) is 2.10. The number of hydrogen-bond donors (Lipinski definition) is 2. The first-order valence-corrected chi connectivity index (χ1v) is 6.95. The van der Waals surface area contributed by atoms with Crippen LogP contribution in [0, 0.1) is 5.92 Å². The summed E-state index contributed by atoms with van der Waals surface area (Å²) in [5.74, 6) is 0.515. The van der Waals surface area contributed by atoms with E-state index in [4.69, 9.17) is 27.3 Å². The molecule has 0 aliphatic heterocycles. The molecule has 0 saturated heterocycles. The molecule has 0 radical (unpaired) electrons. The number of oxime groups is 1. The van der Waals surface area contributed by atoms with Crippen LogP contribution in [0.1, 0.15) is 6.92 Å². The topological polar surface area (TPSA) is 67.8 Å². The SMILES string of the molecule is CC(COc1ccc(-c2ccccc2)cc1Cl)/C(N)=N/O. The summed E-state index contributed by atoms with van der Waals surface area (Å²) < 4.78 is 5.61. The maximum Gasteiger partial charge on any atom is 0.145 e. The number of ether oxygens (including phenoxy) is 1. The van der Waals surface area contributed by atoms with Crippen LogP contribution >= 0.6 is 11.6 Å². The molecule has 0 aliphatic carbocycles. The average molecular weight is 305 g/mol. The van der Waals surface area contributed by atoms with Gasteiger partial charge in [-0.15, -0.1) is 0 Å². The lowest BCUT2D eigenvalue weighted by atomic mass is 10.1. The van der Waals surface area contributed by atoms with Crippen molar-refractivity contribution in [2.75, 3.05) is 6.61 Å². The summed E-state index contributed by atoms with van der Waals surface area (Å²) >= 11 is 6.24. The van der Waals surface area contributed by atoms with E-state index in [1.165, 1.54) is 0 Å². The summed E-state index contributed by atoms with van der Waals surface area (Å²) in [7, 11) is 0. The number of halogens is 1. The molecule has 5 heteroatoms. The number of nitrogens with two attached hydrogens (primary N) is 1. The Morgan fingerprint density at radius 1 is 1.24 bits per heavy atom. The van der Waals surface area contributed by atoms with Crippen molar-refractivity contribution in [3.63, 3.8) is 0 Å². The molecule has 0 heterocycles. The average Bonchev–Trinajstić information content (AvgIpc) is 2.53. The highest BCUT2D eigenvalue weighted by atomic mass is 35.5. The van der Waals surface area contributed by atoms with E-state index in [0.717, 1.165) is 11.1 Å². The molecule has 0 aliphatic rings. The van der Waals surface area contributed by atoms with E-state index in [2.05, 4.69) is 5.16 Å². The molecule has 0 spiro atoms. The van der Waals surface area contributed by atoms with E-state index in [1.54, 1.807) is 6.92 Å². The zero-order valence-electron chi connectivity index (χ0n) is 11.7. The van der Waals surface area contributed by atoms with Crippen molar-refractivity contribution in [1.82, 2.24) is 0 Å². The molecule has 2 aromatic rings. The first kappa shape index (κ1) is 15.2. The third-order valence-corrected chi connectivity index (χ3v) is 3.44. The third kappa shape index (κ3) is 3.89. The summed E-state index contributed by atoms with van der Waals surface area (Å²) in [6, 6.07) is 15.6. The number of rotatable bonds is 5. The lowest BCUT2D eigenvalue weighted by molar-refractivity contribution is 0.279. The van der Waals surface area contributed by atoms with Crippen LogP contribution in [0.3, 0.4) is 0 Å². The Balaban J connectivity index is 2.10. The van der Waals surface area contributed by atoms with Crippen molar-refractivity contribution in [2.45, 2.75) is 6.92 Å². The molecule has 2 rings (SSSR count). The van der Waals surface area contributed by atoms with Crippen LogP contribution in [-0.4, -0.2) is 17.6 Å². The maximum atomic E-state index is 8.60. The minimum absolute atomic E-state index is 0.132. The standard InChI is InChI=1S/C16H17ClN2O2/c1-11(16(18)19-20)10-21-15-8-7-13(9-14(15)17)12-5-3-2-4-6-12/h2-9,11,20H,10H2,1H3,(H2,18,19). The van der Waals surface area contributed by atoms with E-state index in [-0.39, 0.29) is 11.8 Å². The zero-order chi connectivity index (χ0) is 15.2. The Labute approximate surface area is 128 Å². The molecule has 0 aromatic heterocycles. The van der Waals surface area contributed by atoms with Gasteiger partial charge in [-0.2, -0.15) is 0 Å². The molecule has 2 aromatic carbocycles. The monoisotopic (exact) mass is 304 g/mol. The largest absolute Gasteiger partial charge is 0.491 e. The highest BCUT2D eigenvalue weighted by Gasteiger charge is 2.10. The van der Waals surface area contributed by atoms with E-state index in [1.807, 2.05) is 48.5 Å². The molecule has 3 N–H and O–H groups in total. The van der Waals surface area contributed by atoms with Gasteiger partial charge in [0.15, 0.2) is 0 Å². The van der Waals surface area contributed by atoms with Crippen molar-refractivity contribution in [2.24, 2.45) is 16.8 Å². The van der Waals surface area contributed by atoms with Gasteiger partial charge in [-0.05, 0) is 23.3 Å². The fraction of sp³-hybridized carbons (Fsp3) is 0.188. The minimum atomic E-state index is -0.195. The van der Waals surface area contributed by atoms with Crippen molar-refractivity contribution < 1.29 is 9.94 Å². The van der Waals surface area contributed by atoms with E-state index < -0.39 is 0 Å². The summed E-state index contributed by atoms with van der Waals surface area (Å²) in [4.78, 5) is 0. The second-order valence-corrected chi connectivity index (χ2v) is 5.16. The van der Waals surface area contributed by atoms with Gasteiger partial charge in [-0.25, -0.2) is 0 Å². The van der Waals surface area contributed by atoms with Gasteiger partial charge in [0.05, 0.1) is 17.5 Å². The Morgan fingerprint density at radius 3 is 2.57 bits per heavy atom. The van der Waals surface area contributed by atoms with Crippen molar-refractivity contribution in [3.05, 3.63) is 53.6 Å². The van der Waals surface area contributed by atoms with Gasteiger partial charge in [0.1, 0.15) is 11.6 Å². The molecule has 0 bridgehead atoms. The highest BCUT2D eigenvalue weighted by Crippen LogP contribution is 2.30. The zero-order valence-corrected chi connectivity index (χ0v) is 12.4. The smallest absolute Gasteiger partial charge is 0.145 e. The number of hydrogen-bond acceptors (Lipinski definition) is 3. The highest BCUT2D eigenvalue weighted by molar-refractivity contribution is 6.32. The normalized spacial score (nSPS) is 13.0. The number of benzene rings is 2. The van der Waals surface area contributed by atoms with E-state index in [0.29, 0.717) is 17.4 Å². The molecule has 0 fully saturated rings. The van der Waals surface area contributed by atoms with Gasteiger partial charge in [0.25, 0.3) is 0 Å². The van der Waals surface area contributed by atoms with Gasteiger partial charge in [0, 0.05) is 0 Å². The van der Waals surface area contributed by atoms with Gasteiger partial charge < -0.3 is 15.7 Å². The number of nitrogens with zero attached hydrogens (tertiary/aromatic N) is 1. The molecular weight excluding hydrogens is 288 g/mol. The molecule has 1 atom stereocenters. The Bertz CT molecular complexity index is 629. The first-order chi connectivity index (χ1) is 10.1. The molecule has 21 heavy (non-hydrogen) atoms. The van der Waals surface area contributed by atoms with Crippen LogP contribution in [0.25, 0.3) is 11.1 Å². The van der Waals surface area contributed by atoms with Crippen molar-refractivity contribution in [1.29, 1.82) is 0 Å². The quantitative estimate of drug-likeness (QED) is 0.382. The van der Waals surface area contributed by atoms with Crippen molar-refractivity contribution in [3.8, 4) is 16.9 Å². The molecular formula is C16H17ClN2O2. The maximum absolute atomic E-state index is 8.60. The van der Waals surface area contributed by atoms with Crippen LogP contribution in [0.4, 0.5) is 0 Å². The Hall–Kier alpha value is -2.20. The van der Waals surface area contributed by atoms with Gasteiger partial charge >= 0.3 is 0 Å². The molecule has 1 unspecified atom stereocenters. The second kappa shape index (κ2) is 6.99. The Kier molecular flexibility index (Phi) is 5.06. The molecule has 0 saturated carbocycles. The second-order valence-electron chi connectivity index (χ2n) is 4.75. The predicted molar refractivity (Wildman–Crippen MR) is 85.0 cm³/mol. The van der Waals surface area contributed by atoms with Gasteiger partial charge in [-0.3, -0.25) is 0 Å². The van der Waals surface area contributed by atoms with Gasteiger partial charge in [0.2, 0.25) is 0 Å². The van der Waals surface area contributed by atoms with Crippen LogP contribution in [0.2, 0.25) is 5.02 Å². The lowest BCUT2D eigenvalue weighted by Gasteiger charge is -2.13. The van der Waals surface area contributed by atoms with E-state index in [9.17, 15) is 0 Å². The van der Waals surface area contributed by atoms with Crippen LogP contribution in [0.5, 0.6) is 5.75 Å². The van der Waals surface area contributed by atoms with Crippen LogP contribution < -0.4 is 10.5 Å². The fourth-order valence-electron chi connectivity index (χ4n) is 1.83. The van der Waals surface area contributed by atoms with Crippen molar-refractivity contribution >= 4 is 17.4 Å². The molecule has 0 amide bonds. The summed E-state index contributed by atoms with van der Waals surface area (Å²) in [5.41, 5.74) is 7.62. The number of amidine groups is 1. The predicted octanol–water partition coefficient (Wildman–Crippen LogP) is 3.77. The summed E-state index contributed by atoms with van der Waals surface area (Å²) in [5, 5.41) is 12.1. The molecule has 4 nitrogen and oxygen atoms in total. The molecule has 110 valence electrons. The van der Waals surface area contributed by atoms with Gasteiger partial charge in [-0.1, -0.05) is 60.1 Å². The Morgan fingerprint density at radius 2 is 1.95 bits per heavy atom. The summed E-state index contributed by atoms with van der Waals surface area (Å²) in [6.07, 6.45) is 0. The van der Waals surface area contributed by atoms with E-state index >= 15 is 0 Å². The third-order valence-electron chi connectivity index (χ3n) is 3.15.